The molecule has 7 nitrogen and oxygen atoms in total. The van der Waals surface area contributed by atoms with E-state index in [1.54, 1.807) is 12.1 Å². The molecule has 1 aliphatic carbocycles. The van der Waals surface area contributed by atoms with E-state index in [4.69, 9.17) is 0 Å². The molecular weight excluding hydrogens is 331 g/mol. The fourth-order valence-electron chi connectivity index (χ4n) is 3.14. The van der Waals surface area contributed by atoms with Crippen molar-refractivity contribution in [3.8, 4) is 11.4 Å². The molecule has 0 radical (unpaired) electrons. The predicted molar refractivity (Wildman–Crippen MR) is 85.6 cm³/mol. The molecule has 126 valence electrons. The number of aromatic amines is 1. The number of carbonyl (C=O) groups excluding carboxylic acids is 2. The molecule has 2 N–H and O–H groups in total. The zero-order valence-electron chi connectivity index (χ0n) is 14.4. The second-order valence-electron chi connectivity index (χ2n) is 6.13. The van der Waals surface area contributed by atoms with E-state index in [0.717, 1.165) is 24.2 Å². The Morgan fingerprint density at radius 3 is 2.36 bits per heavy atom. The van der Waals surface area contributed by atoms with Crippen molar-refractivity contribution in [3.63, 3.8) is 0 Å². The van der Waals surface area contributed by atoms with Gasteiger partial charge in [-0.15, -0.1) is 0 Å². The maximum atomic E-state index is 12.4. The van der Waals surface area contributed by atoms with Crippen LogP contribution in [-0.4, -0.2) is 27.1 Å². The van der Waals surface area contributed by atoms with Crippen molar-refractivity contribution in [1.82, 2.24) is 15.2 Å². The average molecular weight is 350 g/mol. The minimum absolute atomic E-state index is 0. The fourth-order valence-corrected chi connectivity index (χ4v) is 3.14. The molecule has 1 heterocycles. The summed E-state index contributed by atoms with van der Waals surface area (Å²) in [5.74, 6) is -1.30. The Hall–Kier alpha value is -1.70. The summed E-state index contributed by atoms with van der Waals surface area (Å²) >= 11 is 0. The Balaban J connectivity index is 0.00000225. The third-order valence-corrected chi connectivity index (χ3v) is 4.41. The van der Waals surface area contributed by atoms with Gasteiger partial charge in [0, 0.05) is 29.1 Å². The second kappa shape index (κ2) is 8.60. The Kier molecular flexibility index (Phi) is 6.75. The van der Waals surface area contributed by atoms with Crippen LogP contribution in [-0.2, 0) is 9.59 Å². The number of rotatable bonds is 4. The van der Waals surface area contributed by atoms with Gasteiger partial charge in [0.25, 0.3) is 0 Å². The molecule has 0 unspecified atom stereocenters. The molecule has 3 rings (SSSR count). The third-order valence-electron chi connectivity index (χ3n) is 4.41. The van der Waals surface area contributed by atoms with Gasteiger partial charge in [-0.1, -0.05) is 12.8 Å². The number of hydrogen-bond acceptors (Lipinski definition) is 5. The first-order chi connectivity index (χ1) is 11.5. The summed E-state index contributed by atoms with van der Waals surface area (Å²) in [6.45, 7) is 1.82. The van der Waals surface area contributed by atoms with Crippen LogP contribution in [0.15, 0.2) is 24.3 Å². The number of benzene rings is 1. The van der Waals surface area contributed by atoms with Crippen LogP contribution >= 0.6 is 0 Å². The molecular formula is C17H19N4NaO3. The molecule has 2 aromatic rings. The van der Waals surface area contributed by atoms with Gasteiger partial charge in [0.15, 0.2) is 5.82 Å². The average Bonchev–Trinajstić information content (AvgIpc) is 3.02. The summed E-state index contributed by atoms with van der Waals surface area (Å²) in [7, 11) is 0. The third kappa shape index (κ3) is 4.68. The summed E-state index contributed by atoms with van der Waals surface area (Å²) in [5, 5.41) is 20.9. The Morgan fingerprint density at radius 2 is 1.80 bits per heavy atom. The quantitative estimate of drug-likeness (QED) is 0.637. The predicted octanol–water partition coefficient (Wildman–Crippen LogP) is -1.72. The van der Waals surface area contributed by atoms with Crippen molar-refractivity contribution in [3.05, 3.63) is 30.1 Å². The Labute approximate surface area is 167 Å². The van der Waals surface area contributed by atoms with E-state index in [0.29, 0.717) is 24.4 Å². The van der Waals surface area contributed by atoms with Crippen molar-refractivity contribution in [2.75, 3.05) is 5.32 Å². The van der Waals surface area contributed by atoms with Crippen LogP contribution in [0.3, 0.4) is 0 Å². The summed E-state index contributed by atoms with van der Waals surface area (Å²) in [6, 6.07) is 7.15. The number of amides is 1. The van der Waals surface area contributed by atoms with Gasteiger partial charge in [-0.05, 0) is 44.0 Å². The Bertz CT molecular complexity index is 745. The van der Waals surface area contributed by atoms with Crippen LogP contribution < -0.4 is 40.0 Å². The summed E-state index contributed by atoms with van der Waals surface area (Å²) < 4.78 is 0. The van der Waals surface area contributed by atoms with Gasteiger partial charge in [0.2, 0.25) is 5.91 Å². The van der Waals surface area contributed by atoms with E-state index < -0.39 is 17.8 Å². The number of aryl methyl sites for hydroxylation is 1. The summed E-state index contributed by atoms with van der Waals surface area (Å²) in [4.78, 5) is 27.9. The smallest absolute Gasteiger partial charge is 0.550 e. The molecule has 0 spiro atoms. The molecule has 0 saturated heterocycles. The number of carboxylic acid groups (broad SMARTS) is 1. The van der Waals surface area contributed by atoms with Crippen LogP contribution in [0.2, 0.25) is 0 Å². The number of H-pyrrole nitrogens is 1. The molecule has 1 fully saturated rings. The van der Waals surface area contributed by atoms with Gasteiger partial charge in [0.1, 0.15) is 5.82 Å². The van der Waals surface area contributed by atoms with Crippen LogP contribution in [0.5, 0.6) is 0 Å². The monoisotopic (exact) mass is 350 g/mol. The number of nitrogens with zero attached hydrogens (tertiary/aromatic N) is 2. The van der Waals surface area contributed by atoms with E-state index in [1.165, 1.54) is 0 Å². The zero-order chi connectivity index (χ0) is 17.1. The van der Waals surface area contributed by atoms with Gasteiger partial charge in [-0.25, -0.2) is 4.98 Å². The first kappa shape index (κ1) is 19.6. The molecule has 1 aliphatic rings. The van der Waals surface area contributed by atoms with Crippen LogP contribution in [0.4, 0.5) is 5.69 Å². The molecule has 0 bridgehead atoms. The van der Waals surface area contributed by atoms with Gasteiger partial charge < -0.3 is 15.2 Å². The first-order valence-corrected chi connectivity index (χ1v) is 8.06. The molecule has 1 aromatic heterocycles. The first-order valence-electron chi connectivity index (χ1n) is 8.06. The minimum atomic E-state index is -1.13. The second-order valence-corrected chi connectivity index (χ2v) is 6.13. The molecule has 8 heteroatoms. The molecule has 1 saturated carbocycles. The van der Waals surface area contributed by atoms with Gasteiger partial charge >= 0.3 is 29.6 Å². The van der Waals surface area contributed by atoms with E-state index in [2.05, 4.69) is 20.5 Å². The molecule has 25 heavy (non-hydrogen) atoms. The SMILES string of the molecule is Cc1nc(-c2ccc(NC(=O)[C@@H]3CCCC[C@@H]3C(=O)[O-])cc2)n[nH]1.[Na+]. The van der Waals surface area contributed by atoms with Gasteiger partial charge in [0.05, 0.1) is 0 Å². The minimum Gasteiger partial charge on any atom is -0.550 e. The fraction of sp³-hybridized carbons (Fsp3) is 0.412. The number of anilines is 1. The largest absolute Gasteiger partial charge is 1.00 e. The zero-order valence-corrected chi connectivity index (χ0v) is 16.4. The van der Waals surface area contributed by atoms with Crippen molar-refractivity contribution in [2.45, 2.75) is 32.6 Å². The van der Waals surface area contributed by atoms with E-state index in [1.807, 2.05) is 19.1 Å². The van der Waals surface area contributed by atoms with Gasteiger partial charge in [-0.2, -0.15) is 5.10 Å². The molecule has 0 aliphatic heterocycles. The van der Waals surface area contributed by atoms with Crippen molar-refractivity contribution in [2.24, 2.45) is 11.8 Å². The number of carbonyl (C=O) groups is 2. The normalized spacial score (nSPS) is 19.7. The van der Waals surface area contributed by atoms with E-state index >= 15 is 0 Å². The van der Waals surface area contributed by atoms with Crippen molar-refractivity contribution < 1.29 is 44.3 Å². The molecule has 1 amide bonds. The van der Waals surface area contributed by atoms with Crippen molar-refractivity contribution >= 4 is 17.6 Å². The number of aliphatic carboxylic acids is 1. The Morgan fingerprint density at radius 1 is 1.16 bits per heavy atom. The standard InChI is InChI=1S/C17H20N4O3.Na/c1-10-18-15(21-20-10)11-6-8-12(9-7-11)19-16(22)13-4-2-3-5-14(13)17(23)24;/h6-9,13-14H,2-5H2,1H3,(H,19,22)(H,23,24)(H,18,20,21);/q;+1/p-1/t13-,14+;/m1./s1. The van der Waals surface area contributed by atoms with E-state index in [9.17, 15) is 14.7 Å². The van der Waals surface area contributed by atoms with Gasteiger partial charge in [-0.3, -0.25) is 9.89 Å². The number of nitrogens with one attached hydrogen (secondary N) is 2. The maximum absolute atomic E-state index is 12.4. The number of aromatic nitrogens is 3. The van der Waals surface area contributed by atoms with Crippen LogP contribution in [0.1, 0.15) is 31.5 Å². The summed E-state index contributed by atoms with van der Waals surface area (Å²) in [5.41, 5.74) is 1.46. The van der Waals surface area contributed by atoms with Crippen molar-refractivity contribution in [1.29, 1.82) is 0 Å². The molecule has 1 aromatic carbocycles. The van der Waals surface area contributed by atoms with E-state index in [-0.39, 0.29) is 35.5 Å². The molecule has 2 atom stereocenters. The maximum Gasteiger partial charge on any atom is 1.00 e. The topological polar surface area (TPSA) is 111 Å². The van der Waals surface area contributed by atoms with Crippen LogP contribution in [0, 0.1) is 18.8 Å². The summed E-state index contributed by atoms with van der Waals surface area (Å²) in [6.07, 6.45) is 2.78. The number of hydrogen-bond donors (Lipinski definition) is 2. The number of carboxylic acids is 1. The van der Waals surface area contributed by atoms with Crippen LogP contribution in [0.25, 0.3) is 11.4 Å².